The number of hydrogen-bond acceptors (Lipinski definition) is 1. The highest BCUT2D eigenvalue weighted by atomic mass is 16.1. The van der Waals surface area contributed by atoms with Crippen molar-refractivity contribution in [3.63, 3.8) is 0 Å². The number of carbonyl (C=O) groups is 1. The smallest absolute Gasteiger partial charge is 0.223 e. The lowest BCUT2D eigenvalue weighted by Crippen LogP contribution is -2.34. The molecule has 0 aromatic heterocycles. The normalized spacial score (nSPS) is 16.3. The average Bonchev–Trinajstić information content (AvgIpc) is 3.08. The SMILES string of the molecule is Cc1ccc(C(NC(=O)C2CCCC2)c2ccccc2)c(C)c1. The van der Waals surface area contributed by atoms with Gasteiger partial charge in [-0.1, -0.05) is 66.9 Å². The maximum Gasteiger partial charge on any atom is 0.223 e. The molecule has 0 radical (unpaired) electrons. The van der Waals surface area contributed by atoms with Gasteiger partial charge in [-0.3, -0.25) is 4.79 Å². The molecule has 0 spiro atoms. The number of hydrogen-bond donors (Lipinski definition) is 1. The van der Waals surface area contributed by atoms with Crippen molar-refractivity contribution >= 4 is 5.91 Å². The second kappa shape index (κ2) is 6.99. The molecule has 1 amide bonds. The van der Waals surface area contributed by atoms with Crippen LogP contribution in [0.4, 0.5) is 0 Å². The molecule has 2 aromatic carbocycles. The van der Waals surface area contributed by atoms with Gasteiger partial charge in [-0.15, -0.1) is 0 Å². The highest BCUT2D eigenvalue weighted by molar-refractivity contribution is 5.80. The van der Waals surface area contributed by atoms with Crippen molar-refractivity contribution in [3.05, 3.63) is 70.8 Å². The highest BCUT2D eigenvalue weighted by Crippen LogP contribution is 2.29. The summed E-state index contributed by atoms with van der Waals surface area (Å²) in [6, 6.07) is 16.7. The lowest BCUT2D eigenvalue weighted by Gasteiger charge is -2.23. The Labute approximate surface area is 138 Å². The van der Waals surface area contributed by atoms with E-state index in [1.165, 1.54) is 29.5 Å². The third kappa shape index (κ3) is 3.64. The maximum absolute atomic E-state index is 12.7. The zero-order chi connectivity index (χ0) is 16.2. The molecule has 2 nitrogen and oxygen atoms in total. The standard InChI is InChI=1S/C21H25NO/c1-15-12-13-19(16(2)14-15)20(17-8-4-3-5-9-17)22-21(23)18-10-6-7-11-18/h3-5,8-9,12-14,18,20H,6-7,10-11H2,1-2H3,(H,22,23). The number of nitrogens with one attached hydrogen (secondary N) is 1. The van der Waals surface area contributed by atoms with E-state index in [0.29, 0.717) is 0 Å². The molecule has 1 fully saturated rings. The van der Waals surface area contributed by atoms with Crippen molar-refractivity contribution in [1.82, 2.24) is 5.32 Å². The Bertz CT molecular complexity index is 671. The lowest BCUT2D eigenvalue weighted by atomic mass is 9.93. The second-order valence-corrected chi connectivity index (χ2v) is 6.69. The van der Waals surface area contributed by atoms with Crippen LogP contribution in [0.2, 0.25) is 0 Å². The molecule has 23 heavy (non-hydrogen) atoms. The summed E-state index contributed by atoms with van der Waals surface area (Å²) in [5.41, 5.74) is 4.81. The van der Waals surface area contributed by atoms with Crippen LogP contribution < -0.4 is 5.32 Å². The van der Waals surface area contributed by atoms with Gasteiger partial charge in [0.15, 0.2) is 0 Å². The fourth-order valence-corrected chi connectivity index (χ4v) is 3.58. The summed E-state index contributed by atoms with van der Waals surface area (Å²) in [6.45, 7) is 4.23. The fourth-order valence-electron chi connectivity index (χ4n) is 3.58. The van der Waals surface area contributed by atoms with E-state index in [9.17, 15) is 4.79 Å². The predicted molar refractivity (Wildman–Crippen MR) is 94.3 cm³/mol. The zero-order valence-corrected chi connectivity index (χ0v) is 14.0. The molecular weight excluding hydrogens is 282 g/mol. The molecule has 0 bridgehead atoms. The van der Waals surface area contributed by atoms with Crippen LogP contribution in [0.3, 0.4) is 0 Å². The van der Waals surface area contributed by atoms with Crippen molar-refractivity contribution in [1.29, 1.82) is 0 Å². The van der Waals surface area contributed by atoms with Gasteiger partial charge < -0.3 is 5.32 Å². The molecule has 1 aliphatic carbocycles. The van der Waals surface area contributed by atoms with Crippen LogP contribution in [-0.2, 0) is 4.79 Å². The van der Waals surface area contributed by atoms with Crippen molar-refractivity contribution in [2.24, 2.45) is 5.92 Å². The summed E-state index contributed by atoms with van der Waals surface area (Å²) in [4.78, 5) is 12.7. The summed E-state index contributed by atoms with van der Waals surface area (Å²) in [5, 5.41) is 3.31. The summed E-state index contributed by atoms with van der Waals surface area (Å²) in [6.07, 6.45) is 4.41. The summed E-state index contributed by atoms with van der Waals surface area (Å²) in [5.74, 6) is 0.392. The Kier molecular flexibility index (Phi) is 4.80. The first kappa shape index (κ1) is 15.8. The molecule has 1 aliphatic rings. The minimum Gasteiger partial charge on any atom is -0.345 e. The lowest BCUT2D eigenvalue weighted by molar-refractivity contribution is -0.125. The second-order valence-electron chi connectivity index (χ2n) is 6.69. The van der Waals surface area contributed by atoms with Crippen molar-refractivity contribution in [3.8, 4) is 0 Å². The monoisotopic (exact) mass is 307 g/mol. The first-order valence-electron chi connectivity index (χ1n) is 8.57. The molecule has 1 atom stereocenters. The molecule has 0 saturated heterocycles. The summed E-state index contributed by atoms with van der Waals surface area (Å²) in [7, 11) is 0. The molecule has 1 saturated carbocycles. The van der Waals surface area contributed by atoms with Crippen LogP contribution in [-0.4, -0.2) is 5.91 Å². The number of rotatable bonds is 4. The molecule has 120 valence electrons. The van der Waals surface area contributed by atoms with E-state index in [-0.39, 0.29) is 17.9 Å². The van der Waals surface area contributed by atoms with Crippen molar-refractivity contribution in [2.75, 3.05) is 0 Å². The van der Waals surface area contributed by atoms with Gasteiger partial charge in [-0.05, 0) is 43.4 Å². The van der Waals surface area contributed by atoms with Crippen LogP contribution >= 0.6 is 0 Å². The third-order valence-electron chi connectivity index (χ3n) is 4.88. The Morgan fingerprint density at radius 1 is 1.04 bits per heavy atom. The maximum atomic E-state index is 12.7. The summed E-state index contributed by atoms with van der Waals surface area (Å²) < 4.78 is 0. The fraction of sp³-hybridized carbons (Fsp3) is 0.381. The van der Waals surface area contributed by atoms with Gasteiger partial charge in [0.1, 0.15) is 0 Å². The van der Waals surface area contributed by atoms with E-state index in [4.69, 9.17) is 0 Å². The Morgan fingerprint density at radius 3 is 2.39 bits per heavy atom. The van der Waals surface area contributed by atoms with E-state index in [1.54, 1.807) is 0 Å². The van der Waals surface area contributed by atoms with Crippen LogP contribution in [0.1, 0.15) is 54.0 Å². The third-order valence-corrected chi connectivity index (χ3v) is 4.88. The Morgan fingerprint density at radius 2 is 1.74 bits per heavy atom. The number of benzene rings is 2. The Hall–Kier alpha value is -2.09. The van der Waals surface area contributed by atoms with Gasteiger partial charge in [-0.2, -0.15) is 0 Å². The van der Waals surface area contributed by atoms with E-state index < -0.39 is 0 Å². The first-order chi connectivity index (χ1) is 11.1. The molecule has 2 heteroatoms. The Balaban J connectivity index is 1.92. The molecule has 3 rings (SSSR count). The number of amides is 1. The number of aryl methyl sites for hydroxylation is 2. The van der Waals surface area contributed by atoms with E-state index >= 15 is 0 Å². The molecule has 0 heterocycles. The average molecular weight is 307 g/mol. The summed E-state index contributed by atoms with van der Waals surface area (Å²) >= 11 is 0. The van der Waals surface area contributed by atoms with Gasteiger partial charge in [0.2, 0.25) is 5.91 Å². The van der Waals surface area contributed by atoms with E-state index in [0.717, 1.165) is 18.4 Å². The molecule has 2 aromatic rings. The number of carbonyl (C=O) groups excluding carboxylic acids is 1. The first-order valence-corrected chi connectivity index (χ1v) is 8.57. The largest absolute Gasteiger partial charge is 0.345 e. The molecule has 1 N–H and O–H groups in total. The van der Waals surface area contributed by atoms with Gasteiger partial charge in [-0.25, -0.2) is 0 Å². The zero-order valence-electron chi connectivity index (χ0n) is 14.0. The quantitative estimate of drug-likeness (QED) is 0.871. The molecular formula is C21H25NO. The van der Waals surface area contributed by atoms with Crippen LogP contribution in [0.25, 0.3) is 0 Å². The minimum atomic E-state index is -0.0649. The van der Waals surface area contributed by atoms with Crippen LogP contribution in [0, 0.1) is 19.8 Å². The molecule has 1 unspecified atom stereocenters. The van der Waals surface area contributed by atoms with Crippen molar-refractivity contribution < 1.29 is 4.79 Å². The van der Waals surface area contributed by atoms with Crippen LogP contribution in [0.15, 0.2) is 48.5 Å². The van der Waals surface area contributed by atoms with Gasteiger partial charge in [0, 0.05) is 5.92 Å². The minimum absolute atomic E-state index is 0.0649. The van der Waals surface area contributed by atoms with Crippen LogP contribution in [0.5, 0.6) is 0 Å². The van der Waals surface area contributed by atoms with E-state index in [1.807, 2.05) is 18.2 Å². The van der Waals surface area contributed by atoms with Gasteiger partial charge in [0.25, 0.3) is 0 Å². The van der Waals surface area contributed by atoms with Crippen molar-refractivity contribution in [2.45, 2.75) is 45.6 Å². The van der Waals surface area contributed by atoms with E-state index in [2.05, 4.69) is 49.5 Å². The molecule has 0 aliphatic heterocycles. The van der Waals surface area contributed by atoms with Gasteiger partial charge >= 0.3 is 0 Å². The predicted octanol–water partition coefficient (Wildman–Crippen LogP) is 4.70. The topological polar surface area (TPSA) is 29.1 Å². The highest BCUT2D eigenvalue weighted by Gasteiger charge is 2.26. The van der Waals surface area contributed by atoms with Gasteiger partial charge in [0.05, 0.1) is 6.04 Å².